The van der Waals surface area contributed by atoms with Gasteiger partial charge >= 0.3 is 12.1 Å². The van der Waals surface area contributed by atoms with E-state index in [9.17, 15) is 44.7 Å². The van der Waals surface area contributed by atoms with E-state index < -0.39 is 143 Å². The summed E-state index contributed by atoms with van der Waals surface area (Å²) < 4.78 is 72.4. The number of thioether (sulfide) groups is 1. The van der Waals surface area contributed by atoms with Gasteiger partial charge < -0.3 is 98.1 Å². The number of fused-ring (bicyclic) bond motifs is 2. The summed E-state index contributed by atoms with van der Waals surface area (Å²) in [4.78, 5) is 59.1. The van der Waals surface area contributed by atoms with E-state index in [0.717, 1.165) is 18.9 Å². The highest BCUT2D eigenvalue weighted by atomic mass is 127. The molecule has 0 spiro atoms. The van der Waals surface area contributed by atoms with Crippen LogP contribution < -0.4 is 35.6 Å². The van der Waals surface area contributed by atoms with Gasteiger partial charge in [-0.25, -0.2) is 4.79 Å². The molecule has 2 aliphatic carbocycles. The Hall–Kier alpha value is -3.86. The predicted octanol–water partition coefficient (Wildman–Crippen LogP) is 2.76. The van der Waals surface area contributed by atoms with E-state index >= 15 is 0 Å². The van der Waals surface area contributed by atoms with Crippen LogP contribution in [0.3, 0.4) is 0 Å². The number of ketones is 1. The number of methoxy groups -OCH3 is 5. The molecule has 512 valence electrons. The van der Waals surface area contributed by atoms with Gasteiger partial charge in [0.05, 0.1) is 103 Å². The summed E-state index contributed by atoms with van der Waals surface area (Å²) in [5.41, 5.74) is 1.02. The van der Waals surface area contributed by atoms with E-state index in [-0.39, 0.29) is 83.9 Å². The number of nitrogens with one attached hydrogen (secondary N) is 4. The van der Waals surface area contributed by atoms with Crippen molar-refractivity contribution >= 4 is 78.9 Å². The Labute approximate surface area is 560 Å². The number of aliphatic carboxylic acids is 1. The van der Waals surface area contributed by atoms with Gasteiger partial charge in [-0.05, 0) is 88.4 Å². The maximum Gasteiger partial charge on any atom is 0.411 e. The molecule has 0 unspecified atom stereocenters. The molecule has 1 aromatic rings. The van der Waals surface area contributed by atoms with E-state index in [0.29, 0.717) is 22.2 Å². The number of carboxylic acid groups (broad SMARTS) is 1. The molecule has 4 saturated heterocycles. The van der Waals surface area contributed by atoms with Crippen molar-refractivity contribution in [2.75, 3.05) is 67.5 Å². The number of hydroxylamine groups is 1. The van der Waals surface area contributed by atoms with Crippen molar-refractivity contribution in [2.45, 2.75) is 194 Å². The second-order valence-electron chi connectivity index (χ2n) is 23.0. The van der Waals surface area contributed by atoms with E-state index in [4.69, 9.17) is 66.8 Å². The molecule has 2 bridgehead atoms. The van der Waals surface area contributed by atoms with Gasteiger partial charge in [0, 0.05) is 61.8 Å². The van der Waals surface area contributed by atoms with Crippen LogP contribution >= 0.6 is 55.9 Å². The molecular formula is C61H85IN4O23S3. The molecule has 27 nitrogen and oxygen atoms in total. The van der Waals surface area contributed by atoms with Crippen molar-refractivity contribution < 1.29 is 111 Å². The number of hydrogen-bond acceptors (Lipinski definition) is 28. The second-order valence-corrected chi connectivity index (χ2v) is 28.3. The Morgan fingerprint density at radius 1 is 0.880 bits per heavy atom. The first kappa shape index (κ1) is 75.5. The average molecular weight is 1470 g/mol. The number of likely N-dealkylation sites (N-methyl/N-ethyl adjacent to an activating group) is 1. The number of alkyl carbamates (subject to hydrolysis) is 1. The zero-order valence-corrected chi connectivity index (χ0v) is 57.8. The summed E-state index contributed by atoms with van der Waals surface area (Å²) in [6, 6.07) is -1.33. The highest BCUT2D eigenvalue weighted by Crippen LogP contribution is 2.49. The number of amides is 1. The molecule has 0 radical (unpaired) electrons. The molecule has 1 aromatic carbocycles. The summed E-state index contributed by atoms with van der Waals surface area (Å²) in [7, 11) is 9.65. The first-order chi connectivity index (χ1) is 43.7. The Morgan fingerprint density at radius 2 is 1.60 bits per heavy atom. The number of hydrogen-bond donors (Lipinski definition) is 10. The fourth-order valence-corrected chi connectivity index (χ4v) is 15.3. The molecule has 6 aliphatic rings. The van der Waals surface area contributed by atoms with Crippen LogP contribution in [0.15, 0.2) is 35.1 Å². The quantitative estimate of drug-likeness (QED) is 0.0199. The van der Waals surface area contributed by atoms with Crippen molar-refractivity contribution in [2.24, 2.45) is 0 Å². The van der Waals surface area contributed by atoms with Crippen molar-refractivity contribution in [3.63, 3.8) is 0 Å². The van der Waals surface area contributed by atoms with Crippen molar-refractivity contribution in [3.8, 4) is 40.9 Å². The number of aliphatic hydroxyl groups excluding tert-OH is 4. The molecule has 4 fully saturated rings. The van der Waals surface area contributed by atoms with Crippen LogP contribution in [-0.2, 0) is 57.1 Å². The van der Waals surface area contributed by atoms with Crippen LogP contribution in [-0.4, -0.2) is 241 Å². The molecule has 92 heavy (non-hydrogen) atoms. The SMILES string of the molecule is CCN[C@H]1CO[C@@H](O[C@H]2[C@H](O[C@H]3C#CC=CC#C[C@]4(O)CC(=O)C(NC(=O)OC)=C3/C4=C\CSSC(C)(C)CNCCC(=O)O)O[C@H](C)[C@@H](NO[C@H]3C[C@H](O)[C@H](SC(=O)c4c(C)c(I)c(O[C@@H]5O[C@@H](C)[C@H](O)[C@@H](OC)[C@H]5O)c(OC)c4OC)[C@@H](C)O3)[C@@H]2O)C[C@@H]1OC. The number of ether oxygens (including phenoxy) is 12. The van der Waals surface area contributed by atoms with E-state index in [1.54, 1.807) is 40.9 Å². The zero-order chi connectivity index (χ0) is 67.4. The van der Waals surface area contributed by atoms with Crippen LogP contribution in [0, 0.1) is 34.2 Å². The Morgan fingerprint density at radius 3 is 2.26 bits per heavy atom. The maximum atomic E-state index is 14.5. The fourth-order valence-electron chi connectivity index (χ4n) is 11.2. The minimum atomic E-state index is -2.14. The highest BCUT2D eigenvalue weighted by molar-refractivity contribution is 14.1. The molecule has 0 aromatic heterocycles. The summed E-state index contributed by atoms with van der Waals surface area (Å²) in [6.45, 7) is 14.0. The van der Waals surface area contributed by atoms with Gasteiger partial charge in [0.2, 0.25) is 17.2 Å². The lowest BCUT2D eigenvalue weighted by Crippen LogP contribution is -2.65. The number of Topliss-reactive ketones (excluding diaryl/α,β-unsaturated/α-hetero) is 1. The van der Waals surface area contributed by atoms with Gasteiger partial charge in [-0.2, -0.15) is 5.48 Å². The lowest BCUT2D eigenvalue weighted by atomic mass is 9.75. The van der Waals surface area contributed by atoms with Crippen LogP contribution in [0.25, 0.3) is 0 Å². The Bertz CT molecular complexity index is 2980. The van der Waals surface area contributed by atoms with Gasteiger partial charge in [-0.1, -0.05) is 70.0 Å². The number of halogens is 1. The largest absolute Gasteiger partial charge is 0.492 e. The van der Waals surface area contributed by atoms with Gasteiger partial charge in [0.25, 0.3) is 0 Å². The number of carboxylic acids is 1. The monoisotopic (exact) mass is 1460 g/mol. The zero-order valence-electron chi connectivity index (χ0n) is 53.2. The molecule has 31 heteroatoms. The Kier molecular flexibility index (Phi) is 28.2. The number of aliphatic hydroxyl groups is 5. The summed E-state index contributed by atoms with van der Waals surface area (Å²) in [6.07, 6.45) is -14.5. The van der Waals surface area contributed by atoms with Crippen LogP contribution in [0.4, 0.5) is 4.79 Å². The number of carbonyl (C=O) groups is 4. The molecule has 1 amide bonds. The third-order valence-electron chi connectivity index (χ3n) is 16.0. The fraction of sp³-hybridized carbons (Fsp3) is 0.672. The summed E-state index contributed by atoms with van der Waals surface area (Å²) >= 11 is 2.81. The van der Waals surface area contributed by atoms with Gasteiger partial charge in [0.1, 0.15) is 36.6 Å². The molecule has 7 rings (SSSR count). The van der Waals surface area contributed by atoms with Gasteiger partial charge in [-0.15, -0.1) is 0 Å². The van der Waals surface area contributed by atoms with Crippen LogP contribution in [0.2, 0.25) is 0 Å². The molecule has 0 saturated carbocycles. The third-order valence-corrected chi connectivity index (χ3v) is 21.8. The molecular weight excluding hydrogens is 1380 g/mol. The minimum absolute atomic E-state index is 0.0151. The van der Waals surface area contributed by atoms with Crippen LogP contribution in [0.1, 0.15) is 83.1 Å². The topological polar surface area (TPSA) is 358 Å². The standard InChI is InChI=1S/C61H85IN4O23S3/c1-13-64-34-27-82-40(25-38(34)77-8)87-53-48(72)45(66-89-41-24-35(67)55(32(5)83-41)91-56(74)42-29(2)44(62)51(54(80-11)50(42)78-9)88-57-49(73)52(79-10)47(71)31(4)85-57)30(3)84-58(53)86-37-18-16-14-15-17-21-61(76)26-36(68)46(65-59(75)81-12)43(37)33(61)20-23-90-92-60(6,7)28-63-22-19-39(69)70/h14-15,20,30-32,34-35,37-38,40-41,45,47-49,52-53,55,57-58,63-64,66-67,71-73,76H,13,19,22-28H2,1-12H3,(H,65,75)(H,69,70)/b15-14?,33-20+/t30-,31+,32-,34+,35+,37+,38+,40+,41+,45-,47+,48+,49-,52-,53-,55-,57+,58+,61+/m1/s1. The average Bonchev–Trinajstić information content (AvgIpc) is 0.762. The normalized spacial score (nSPS) is 33.6. The van der Waals surface area contributed by atoms with Crippen molar-refractivity contribution in [1.29, 1.82) is 0 Å². The first-order valence-electron chi connectivity index (χ1n) is 29.9. The molecule has 4 aliphatic heterocycles. The second kappa shape index (κ2) is 34.4. The number of benzene rings is 1. The third kappa shape index (κ3) is 18.4. The summed E-state index contributed by atoms with van der Waals surface area (Å²) in [5.74, 6) is 10.2. The van der Waals surface area contributed by atoms with E-state index in [1.165, 1.54) is 55.1 Å². The Balaban J connectivity index is 1.13. The molecule has 10 N–H and O–H groups in total. The number of rotatable bonds is 27. The highest BCUT2D eigenvalue weighted by Gasteiger charge is 2.52. The lowest BCUT2D eigenvalue weighted by Gasteiger charge is -2.46. The van der Waals surface area contributed by atoms with Crippen LogP contribution in [0.5, 0.6) is 17.2 Å². The lowest BCUT2D eigenvalue weighted by molar-refractivity contribution is -0.336. The summed E-state index contributed by atoms with van der Waals surface area (Å²) in [5, 5.41) is 75.4. The van der Waals surface area contributed by atoms with Crippen molar-refractivity contribution in [3.05, 3.63) is 49.8 Å². The van der Waals surface area contributed by atoms with Gasteiger partial charge in [0.15, 0.2) is 41.8 Å². The number of carbonyl (C=O) groups excluding carboxylic acids is 3. The molecule has 4 heterocycles. The van der Waals surface area contributed by atoms with Gasteiger partial charge in [-0.3, -0.25) is 24.5 Å². The molecule has 19 atom stereocenters. The smallest absolute Gasteiger partial charge is 0.411 e. The van der Waals surface area contributed by atoms with E-state index in [2.05, 4.69) is 45.1 Å². The first-order valence-corrected chi connectivity index (χ1v) is 34.1. The minimum Gasteiger partial charge on any atom is -0.492 e. The predicted molar refractivity (Wildman–Crippen MR) is 345 cm³/mol. The maximum absolute atomic E-state index is 14.5. The van der Waals surface area contributed by atoms with Crippen molar-refractivity contribution in [1.82, 2.24) is 21.4 Å². The van der Waals surface area contributed by atoms with E-state index in [1.807, 2.05) is 43.4 Å². The number of allylic oxidation sites excluding steroid dienone is 3.